The van der Waals surface area contributed by atoms with Crippen molar-refractivity contribution in [1.82, 2.24) is 20.1 Å². The van der Waals surface area contributed by atoms with Gasteiger partial charge in [0.05, 0.1) is 12.2 Å². The topological polar surface area (TPSA) is 77.9 Å². The number of aromatic nitrogens is 1. The van der Waals surface area contributed by atoms with E-state index in [9.17, 15) is 4.79 Å². The van der Waals surface area contributed by atoms with Gasteiger partial charge in [-0.3, -0.25) is 14.8 Å². The average molecular weight is 348 g/mol. The number of aryl methyl sites for hydroxylation is 1. The number of pyridine rings is 1. The zero-order valence-electron chi connectivity index (χ0n) is 14.6. The molecule has 2 atom stereocenters. The van der Waals surface area contributed by atoms with Crippen molar-refractivity contribution in [2.75, 3.05) is 45.8 Å². The Labute approximate surface area is 149 Å². The van der Waals surface area contributed by atoms with Gasteiger partial charge in [0.2, 0.25) is 0 Å². The molecule has 1 aromatic rings. The number of hydrogen-bond acceptors (Lipinski definition) is 5. The van der Waals surface area contributed by atoms with Crippen molar-refractivity contribution < 1.29 is 14.6 Å². The Morgan fingerprint density at radius 1 is 1.12 bits per heavy atom. The van der Waals surface area contributed by atoms with Gasteiger partial charge in [0.1, 0.15) is 0 Å². The van der Waals surface area contributed by atoms with Crippen LogP contribution in [0.1, 0.15) is 18.4 Å². The van der Waals surface area contributed by atoms with E-state index in [1.807, 2.05) is 12.4 Å². The Bertz CT molecular complexity index is 528. The van der Waals surface area contributed by atoms with Crippen molar-refractivity contribution in [3.8, 4) is 0 Å². The number of morpholine rings is 2. The smallest absolute Gasteiger partial charge is 0.404 e. The van der Waals surface area contributed by atoms with Gasteiger partial charge >= 0.3 is 6.09 Å². The molecular formula is C18H28N4O3. The van der Waals surface area contributed by atoms with Crippen LogP contribution in [0.25, 0.3) is 0 Å². The van der Waals surface area contributed by atoms with E-state index < -0.39 is 6.09 Å². The molecule has 1 amide bonds. The Morgan fingerprint density at radius 2 is 1.76 bits per heavy atom. The highest BCUT2D eigenvalue weighted by atomic mass is 16.5. The number of unbranched alkanes of at least 4 members (excludes halogenated alkanes) is 1. The van der Waals surface area contributed by atoms with Gasteiger partial charge < -0.3 is 15.2 Å². The molecular weight excluding hydrogens is 320 g/mol. The quantitative estimate of drug-likeness (QED) is 0.684. The molecule has 3 heterocycles. The average Bonchev–Trinajstić information content (AvgIpc) is 2.59. The van der Waals surface area contributed by atoms with Crippen LogP contribution in [0.3, 0.4) is 0 Å². The molecule has 2 aliphatic rings. The molecule has 1 aromatic heterocycles. The highest BCUT2D eigenvalue weighted by molar-refractivity contribution is 5.64. The van der Waals surface area contributed by atoms with Gasteiger partial charge in [-0.25, -0.2) is 4.79 Å². The molecule has 7 heteroatoms. The summed E-state index contributed by atoms with van der Waals surface area (Å²) in [5.74, 6) is 0. The fraction of sp³-hybridized carbons (Fsp3) is 0.667. The number of ether oxygens (including phenoxy) is 1. The molecule has 0 spiro atoms. The molecule has 25 heavy (non-hydrogen) atoms. The van der Waals surface area contributed by atoms with Gasteiger partial charge in [0, 0.05) is 51.7 Å². The third-order valence-corrected chi connectivity index (χ3v) is 4.88. The van der Waals surface area contributed by atoms with Gasteiger partial charge in [-0.1, -0.05) is 0 Å². The normalized spacial score (nSPS) is 24.2. The van der Waals surface area contributed by atoms with Crippen LogP contribution in [0.5, 0.6) is 0 Å². The van der Waals surface area contributed by atoms with E-state index in [4.69, 9.17) is 9.84 Å². The predicted octanol–water partition coefficient (Wildman–Crippen LogP) is 1.06. The summed E-state index contributed by atoms with van der Waals surface area (Å²) in [6.45, 7) is 6.12. The Morgan fingerprint density at radius 3 is 2.40 bits per heavy atom. The third kappa shape index (κ3) is 5.95. The minimum atomic E-state index is -0.952. The van der Waals surface area contributed by atoms with Crippen molar-refractivity contribution in [2.24, 2.45) is 0 Å². The summed E-state index contributed by atoms with van der Waals surface area (Å²) < 4.78 is 6.06. The number of carboxylic acid groups (broad SMARTS) is 1. The Balaban J connectivity index is 1.33. The van der Waals surface area contributed by atoms with E-state index in [2.05, 4.69) is 32.2 Å². The number of hydrogen-bond donors (Lipinski definition) is 2. The van der Waals surface area contributed by atoms with E-state index in [-0.39, 0.29) is 12.2 Å². The van der Waals surface area contributed by atoms with Crippen LogP contribution >= 0.6 is 0 Å². The van der Waals surface area contributed by atoms with Gasteiger partial charge in [-0.05, 0) is 43.5 Å². The summed E-state index contributed by atoms with van der Waals surface area (Å²) in [5.41, 5.74) is 1.36. The monoisotopic (exact) mass is 348 g/mol. The number of carbonyl (C=O) groups is 1. The first kappa shape index (κ1) is 18.1. The van der Waals surface area contributed by atoms with Crippen LogP contribution in [0.15, 0.2) is 24.5 Å². The summed E-state index contributed by atoms with van der Waals surface area (Å²) in [6, 6.07) is 4.18. The molecule has 0 aliphatic carbocycles. The standard InChI is InChI=1S/C18H28N4O3/c23-18(24)20-8-10-22-13-16-11-21(12-17(14-22)25-16)9-2-1-3-15-4-6-19-7-5-15/h4-7,16-17,20H,1-3,8-14H2,(H,23,24). The van der Waals surface area contributed by atoms with Gasteiger partial charge in [0.15, 0.2) is 0 Å². The molecule has 138 valence electrons. The number of fused-ring (bicyclic) bond motifs is 2. The molecule has 0 saturated carbocycles. The van der Waals surface area contributed by atoms with Crippen molar-refractivity contribution in [3.63, 3.8) is 0 Å². The first-order valence-corrected chi connectivity index (χ1v) is 9.15. The summed E-state index contributed by atoms with van der Waals surface area (Å²) in [6.07, 6.45) is 6.77. The second kappa shape index (κ2) is 9.12. The van der Waals surface area contributed by atoms with Gasteiger partial charge in [0.25, 0.3) is 0 Å². The largest absolute Gasteiger partial charge is 0.465 e. The Hall–Kier alpha value is -1.70. The second-order valence-electron chi connectivity index (χ2n) is 6.94. The maximum Gasteiger partial charge on any atom is 0.404 e. The molecule has 2 saturated heterocycles. The molecule has 2 aliphatic heterocycles. The first-order valence-electron chi connectivity index (χ1n) is 9.15. The first-order chi connectivity index (χ1) is 12.2. The molecule has 0 aromatic carbocycles. The summed E-state index contributed by atoms with van der Waals surface area (Å²) in [5, 5.41) is 11.1. The lowest BCUT2D eigenvalue weighted by molar-refractivity contribution is -0.138. The van der Waals surface area contributed by atoms with E-state index in [0.29, 0.717) is 6.54 Å². The lowest BCUT2D eigenvalue weighted by atomic mass is 10.1. The molecule has 2 N–H and O–H groups in total. The van der Waals surface area contributed by atoms with Crippen molar-refractivity contribution >= 4 is 6.09 Å². The fourth-order valence-corrected chi connectivity index (χ4v) is 3.76. The maximum absolute atomic E-state index is 10.5. The number of rotatable bonds is 8. The maximum atomic E-state index is 10.5. The Kier molecular flexibility index (Phi) is 6.61. The summed E-state index contributed by atoms with van der Waals surface area (Å²) in [7, 11) is 0. The second-order valence-corrected chi connectivity index (χ2v) is 6.94. The van der Waals surface area contributed by atoms with Gasteiger partial charge in [-0.15, -0.1) is 0 Å². The lowest BCUT2D eigenvalue weighted by Crippen LogP contribution is -2.60. The van der Waals surface area contributed by atoms with E-state index in [0.717, 1.165) is 45.7 Å². The van der Waals surface area contributed by atoms with Crippen LogP contribution in [-0.4, -0.2) is 84.0 Å². The SMILES string of the molecule is O=C(O)NCCN1CC2CN(CCCCc3ccncc3)CC(C1)O2. The molecule has 2 unspecified atom stereocenters. The minimum Gasteiger partial charge on any atom is -0.465 e. The molecule has 2 fully saturated rings. The van der Waals surface area contributed by atoms with Crippen molar-refractivity contribution in [3.05, 3.63) is 30.1 Å². The number of nitrogens with zero attached hydrogens (tertiary/aromatic N) is 3. The summed E-state index contributed by atoms with van der Waals surface area (Å²) in [4.78, 5) is 19.4. The minimum absolute atomic E-state index is 0.248. The zero-order valence-corrected chi connectivity index (χ0v) is 14.6. The predicted molar refractivity (Wildman–Crippen MR) is 94.7 cm³/mol. The number of nitrogens with one attached hydrogen (secondary N) is 1. The third-order valence-electron chi connectivity index (χ3n) is 4.88. The molecule has 0 radical (unpaired) electrons. The molecule has 3 rings (SSSR count). The fourth-order valence-electron chi connectivity index (χ4n) is 3.76. The van der Waals surface area contributed by atoms with Gasteiger partial charge in [-0.2, -0.15) is 0 Å². The molecule has 7 nitrogen and oxygen atoms in total. The highest BCUT2D eigenvalue weighted by Crippen LogP contribution is 2.19. The van der Waals surface area contributed by atoms with Crippen LogP contribution in [0, 0.1) is 0 Å². The van der Waals surface area contributed by atoms with Crippen LogP contribution in [0.4, 0.5) is 4.79 Å². The summed E-state index contributed by atoms with van der Waals surface area (Å²) >= 11 is 0. The molecule has 2 bridgehead atoms. The van der Waals surface area contributed by atoms with Crippen LogP contribution < -0.4 is 5.32 Å². The van der Waals surface area contributed by atoms with E-state index >= 15 is 0 Å². The van der Waals surface area contributed by atoms with Crippen molar-refractivity contribution in [1.29, 1.82) is 0 Å². The number of amides is 1. The highest BCUT2D eigenvalue weighted by Gasteiger charge is 2.34. The van der Waals surface area contributed by atoms with E-state index in [1.165, 1.54) is 18.4 Å². The van der Waals surface area contributed by atoms with E-state index in [1.54, 1.807) is 0 Å². The van der Waals surface area contributed by atoms with Crippen molar-refractivity contribution in [2.45, 2.75) is 31.5 Å². The zero-order chi connectivity index (χ0) is 17.5. The lowest BCUT2D eigenvalue weighted by Gasteiger charge is -2.46. The van der Waals surface area contributed by atoms with Crippen LogP contribution in [-0.2, 0) is 11.2 Å². The van der Waals surface area contributed by atoms with Crippen LogP contribution in [0.2, 0.25) is 0 Å².